The van der Waals surface area contributed by atoms with Crippen molar-refractivity contribution < 1.29 is 14.6 Å². The zero-order chi connectivity index (χ0) is 13.0. The first kappa shape index (κ1) is 14.3. The Balaban J connectivity index is 1.85. The maximum absolute atomic E-state index is 9.73. The van der Waals surface area contributed by atoms with Crippen molar-refractivity contribution in [3.05, 3.63) is 0 Å². The van der Waals surface area contributed by atoms with E-state index in [0.29, 0.717) is 12.6 Å². The fraction of sp³-hybridized carbons (Fsp3) is 1.00. The van der Waals surface area contributed by atoms with E-state index in [1.165, 1.54) is 12.8 Å². The third kappa shape index (κ3) is 3.92. The Bertz CT molecular complexity index is 257. The number of hydrogen-bond acceptors (Lipinski definition) is 4. The molecule has 4 heteroatoms. The monoisotopic (exact) mass is 257 g/mol. The Morgan fingerprint density at radius 3 is 2.78 bits per heavy atom. The summed E-state index contributed by atoms with van der Waals surface area (Å²) < 4.78 is 11.1. The van der Waals surface area contributed by atoms with Crippen LogP contribution in [0.1, 0.15) is 45.4 Å². The summed E-state index contributed by atoms with van der Waals surface area (Å²) in [5, 5.41) is 13.4. The number of aliphatic hydroxyl groups is 1. The van der Waals surface area contributed by atoms with Crippen LogP contribution < -0.4 is 5.32 Å². The summed E-state index contributed by atoms with van der Waals surface area (Å²) >= 11 is 0. The Hall–Kier alpha value is -0.160. The third-order valence-corrected chi connectivity index (χ3v) is 4.02. The molecule has 0 aliphatic heterocycles. The summed E-state index contributed by atoms with van der Waals surface area (Å²) in [4.78, 5) is 0. The zero-order valence-corrected chi connectivity index (χ0v) is 11.7. The van der Waals surface area contributed by atoms with Crippen LogP contribution in [0.3, 0.4) is 0 Å². The first-order valence-electron chi connectivity index (χ1n) is 7.20. The molecule has 106 valence electrons. The Morgan fingerprint density at radius 2 is 2.17 bits per heavy atom. The van der Waals surface area contributed by atoms with Crippen molar-refractivity contribution in [2.24, 2.45) is 0 Å². The lowest BCUT2D eigenvalue weighted by molar-refractivity contribution is -0.0728. The fourth-order valence-electron chi connectivity index (χ4n) is 3.01. The molecule has 2 aliphatic carbocycles. The minimum Gasteiger partial charge on any atom is -0.394 e. The number of aliphatic hydroxyl groups excluding tert-OH is 1. The molecule has 2 saturated carbocycles. The van der Waals surface area contributed by atoms with Crippen LogP contribution in [0.15, 0.2) is 0 Å². The third-order valence-electron chi connectivity index (χ3n) is 4.02. The molecule has 2 fully saturated rings. The number of hydrogen-bond donors (Lipinski definition) is 2. The molecular weight excluding hydrogens is 230 g/mol. The molecule has 2 rings (SSSR count). The molecule has 2 aliphatic rings. The van der Waals surface area contributed by atoms with Crippen molar-refractivity contribution in [1.82, 2.24) is 5.32 Å². The molecule has 0 aromatic carbocycles. The van der Waals surface area contributed by atoms with Crippen molar-refractivity contribution in [2.75, 3.05) is 20.3 Å². The van der Waals surface area contributed by atoms with Gasteiger partial charge in [0.05, 0.1) is 25.4 Å². The van der Waals surface area contributed by atoms with E-state index >= 15 is 0 Å². The van der Waals surface area contributed by atoms with E-state index in [2.05, 4.69) is 5.32 Å². The predicted molar refractivity (Wildman–Crippen MR) is 70.7 cm³/mol. The molecule has 0 amide bonds. The van der Waals surface area contributed by atoms with Crippen LogP contribution in [0.2, 0.25) is 0 Å². The Morgan fingerprint density at radius 1 is 1.39 bits per heavy atom. The van der Waals surface area contributed by atoms with Gasteiger partial charge in [-0.3, -0.25) is 0 Å². The van der Waals surface area contributed by atoms with Gasteiger partial charge in [0.1, 0.15) is 0 Å². The summed E-state index contributed by atoms with van der Waals surface area (Å²) in [6.07, 6.45) is 7.12. The number of methoxy groups -OCH3 is 1. The largest absolute Gasteiger partial charge is 0.394 e. The molecule has 0 aromatic heterocycles. The quantitative estimate of drug-likeness (QED) is 0.725. The van der Waals surface area contributed by atoms with Crippen molar-refractivity contribution in [3.8, 4) is 0 Å². The zero-order valence-electron chi connectivity index (χ0n) is 11.7. The van der Waals surface area contributed by atoms with Crippen molar-refractivity contribution in [2.45, 2.75) is 69.2 Å². The van der Waals surface area contributed by atoms with E-state index in [9.17, 15) is 5.11 Å². The fourth-order valence-corrected chi connectivity index (χ4v) is 3.01. The second-order valence-electron chi connectivity index (χ2n) is 5.98. The van der Waals surface area contributed by atoms with Gasteiger partial charge in [0, 0.05) is 18.7 Å². The molecule has 0 bridgehead atoms. The maximum Gasteiger partial charge on any atom is 0.0784 e. The SMILES string of the molecule is COCC(C)OC1CCCC(CO)(NC2CC2)C1. The van der Waals surface area contributed by atoms with Crippen LogP contribution in [0, 0.1) is 0 Å². The van der Waals surface area contributed by atoms with Gasteiger partial charge in [-0.1, -0.05) is 0 Å². The topological polar surface area (TPSA) is 50.7 Å². The highest BCUT2D eigenvalue weighted by Crippen LogP contribution is 2.34. The van der Waals surface area contributed by atoms with Crippen LogP contribution >= 0.6 is 0 Å². The summed E-state index contributed by atoms with van der Waals surface area (Å²) in [6, 6.07) is 0.632. The molecule has 4 nitrogen and oxygen atoms in total. The predicted octanol–water partition coefficient (Wildman–Crippen LogP) is 1.46. The van der Waals surface area contributed by atoms with Gasteiger partial charge in [0.15, 0.2) is 0 Å². The highest BCUT2D eigenvalue weighted by Gasteiger charge is 2.40. The normalized spacial score (nSPS) is 34.5. The van der Waals surface area contributed by atoms with E-state index in [1.54, 1.807) is 7.11 Å². The van der Waals surface area contributed by atoms with E-state index < -0.39 is 0 Å². The average Bonchev–Trinajstić information content (AvgIpc) is 3.13. The van der Waals surface area contributed by atoms with Crippen molar-refractivity contribution >= 4 is 0 Å². The molecule has 0 heterocycles. The molecule has 0 spiro atoms. The Kier molecular flexibility index (Phi) is 5.01. The van der Waals surface area contributed by atoms with Gasteiger partial charge in [-0.15, -0.1) is 0 Å². The molecule has 2 N–H and O–H groups in total. The highest BCUT2D eigenvalue weighted by molar-refractivity contribution is 4.99. The van der Waals surface area contributed by atoms with Crippen LogP contribution in [-0.2, 0) is 9.47 Å². The van der Waals surface area contributed by atoms with Crippen molar-refractivity contribution in [1.29, 1.82) is 0 Å². The smallest absolute Gasteiger partial charge is 0.0784 e. The van der Waals surface area contributed by atoms with Crippen LogP contribution in [-0.4, -0.2) is 49.2 Å². The van der Waals surface area contributed by atoms with Crippen LogP contribution in [0.5, 0.6) is 0 Å². The second-order valence-corrected chi connectivity index (χ2v) is 5.98. The average molecular weight is 257 g/mol. The summed E-state index contributed by atoms with van der Waals surface area (Å²) in [5.41, 5.74) is -0.100. The highest BCUT2D eigenvalue weighted by atomic mass is 16.5. The number of rotatable bonds is 7. The maximum atomic E-state index is 9.73. The van der Waals surface area contributed by atoms with Gasteiger partial charge in [-0.2, -0.15) is 0 Å². The molecule has 0 saturated heterocycles. The number of nitrogens with one attached hydrogen (secondary N) is 1. The minimum atomic E-state index is -0.100. The lowest BCUT2D eigenvalue weighted by Crippen LogP contribution is -2.54. The molecule has 0 radical (unpaired) electrons. The molecule has 18 heavy (non-hydrogen) atoms. The Labute approximate surface area is 110 Å². The van der Waals surface area contributed by atoms with E-state index in [0.717, 1.165) is 25.7 Å². The van der Waals surface area contributed by atoms with Crippen molar-refractivity contribution in [3.63, 3.8) is 0 Å². The van der Waals surface area contributed by atoms with Crippen LogP contribution in [0.4, 0.5) is 0 Å². The second kappa shape index (κ2) is 6.33. The van der Waals surface area contributed by atoms with Gasteiger partial charge >= 0.3 is 0 Å². The summed E-state index contributed by atoms with van der Waals surface area (Å²) in [6.45, 7) is 2.91. The van der Waals surface area contributed by atoms with Gasteiger partial charge < -0.3 is 19.9 Å². The minimum absolute atomic E-state index is 0.100. The van der Waals surface area contributed by atoms with Gasteiger partial charge in [-0.25, -0.2) is 0 Å². The number of ether oxygens (including phenoxy) is 2. The first-order valence-corrected chi connectivity index (χ1v) is 7.20. The summed E-state index contributed by atoms with van der Waals surface area (Å²) in [7, 11) is 1.70. The van der Waals surface area contributed by atoms with Crippen LogP contribution in [0.25, 0.3) is 0 Å². The van der Waals surface area contributed by atoms with Gasteiger partial charge in [0.2, 0.25) is 0 Å². The summed E-state index contributed by atoms with van der Waals surface area (Å²) in [5.74, 6) is 0. The molecular formula is C14H27NO3. The molecule has 0 aromatic rings. The lowest BCUT2D eigenvalue weighted by Gasteiger charge is -2.41. The van der Waals surface area contributed by atoms with E-state index in [-0.39, 0.29) is 24.4 Å². The standard InChI is InChI=1S/C14H27NO3/c1-11(9-17-2)18-13-4-3-7-14(8-13,10-16)15-12-5-6-12/h11-13,15-16H,3-10H2,1-2H3. The van der Waals surface area contributed by atoms with Gasteiger partial charge in [-0.05, 0) is 45.4 Å². The van der Waals surface area contributed by atoms with E-state index in [1.807, 2.05) is 6.92 Å². The first-order chi connectivity index (χ1) is 8.67. The molecule has 3 unspecified atom stereocenters. The lowest BCUT2D eigenvalue weighted by atomic mass is 9.80. The van der Waals surface area contributed by atoms with Gasteiger partial charge in [0.25, 0.3) is 0 Å². The van der Waals surface area contributed by atoms with E-state index in [4.69, 9.17) is 9.47 Å². The molecule has 3 atom stereocenters.